The molecule has 1 heterocycles. The van der Waals surface area contributed by atoms with E-state index in [9.17, 15) is 4.79 Å². The number of aryl methyl sites for hydroxylation is 1. The highest BCUT2D eigenvalue weighted by atomic mass is 35.5. The summed E-state index contributed by atoms with van der Waals surface area (Å²) in [6, 6.07) is 8.96. The normalized spacial score (nSPS) is 19.2. The highest BCUT2D eigenvalue weighted by molar-refractivity contribution is 5.85. The quantitative estimate of drug-likeness (QED) is 0.876. The number of hydrogen-bond acceptors (Lipinski definition) is 2. The minimum absolute atomic E-state index is 0. The van der Waals surface area contributed by atoms with Crippen LogP contribution in [-0.4, -0.2) is 18.5 Å². The van der Waals surface area contributed by atoms with Crippen molar-refractivity contribution in [2.75, 3.05) is 6.54 Å². The van der Waals surface area contributed by atoms with E-state index in [0.717, 1.165) is 18.5 Å². The lowest BCUT2D eigenvalue weighted by Gasteiger charge is -2.16. The summed E-state index contributed by atoms with van der Waals surface area (Å²) in [5.74, 6) is 0.154. The van der Waals surface area contributed by atoms with Crippen LogP contribution in [0, 0.1) is 6.92 Å². The molecule has 2 rings (SSSR count). The zero-order chi connectivity index (χ0) is 13.7. The molecule has 1 aromatic rings. The predicted molar refractivity (Wildman–Crippen MR) is 85.2 cm³/mol. The maximum atomic E-state index is 11.9. The molecule has 1 fully saturated rings. The molecule has 0 spiro atoms. The molecule has 2 unspecified atom stereocenters. The van der Waals surface area contributed by atoms with Gasteiger partial charge in [0.25, 0.3) is 0 Å². The maximum absolute atomic E-state index is 11.9. The Morgan fingerprint density at radius 1 is 1.40 bits per heavy atom. The lowest BCUT2D eigenvalue weighted by Crippen LogP contribution is -2.29. The fourth-order valence-electron chi connectivity index (χ4n) is 2.56. The van der Waals surface area contributed by atoms with E-state index in [1.54, 1.807) is 0 Å². The molecule has 1 aliphatic heterocycles. The molecule has 20 heavy (non-hydrogen) atoms. The average molecular weight is 297 g/mol. The molecule has 0 aromatic heterocycles. The van der Waals surface area contributed by atoms with Crippen molar-refractivity contribution in [3.8, 4) is 0 Å². The van der Waals surface area contributed by atoms with Gasteiger partial charge in [-0.1, -0.05) is 29.8 Å². The molecule has 1 saturated heterocycles. The third-order valence-corrected chi connectivity index (χ3v) is 3.84. The van der Waals surface area contributed by atoms with Crippen LogP contribution < -0.4 is 10.6 Å². The Bertz CT molecular complexity index is 413. The molecule has 0 bridgehead atoms. The first-order valence-corrected chi connectivity index (χ1v) is 7.24. The van der Waals surface area contributed by atoms with Crippen molar-refractivity contribution in [1.82, 2.24) is 10.6 Å². The Kier molecular flexibility index (Phi) is 7.03. The molecule has 2 N–H and O–H groups in total. The van der Waals surface area contributed by atoms with Gasteiger partial charge in [0.2, 0.25) is 5.91 Å². The number of carbonyl (C=O) groups is 1. The summed E-state index contributed by atoms with van der Waals surface area (Å²) >= 11 is 0. The molecule has 1 aliphatic rings. The Morgan fingerprint density at radius 3 is 2.70 bits per heavy atom. The molecule has 0 radical (unpaired) electrons. The Morgan fingerprint density at radius 2 is 2.10 bits per heavy atom. The topological polar surface area (TPSA) is 41.1 Å². The number of carbonyl (C=O) groups excluding carboxylic acids is 1. The molecule has 3 nitrogen and oxygen atoms in total. The van der Waals surface area contributed by atoms with Crippen LogP contribution in [0.5, 0.6) is 0 Å². The number of benzene rings is 1. The van der Waals surface area contributed by atoms with E-state index < -0.39 is 0 Å². The first kappa shape index (κ1) is 17.0. The minimum atomic E-state index is 0. The maximum Gasteiger partial charge on any atom is 0.220 e. The van der Waals surface area contributed by atoms with Gasteiger partial charge in [-0.2, -0.15) is 0 Å². The van der Waals surface area contributed by atoms with Gasteiger partial charge >= 0.3 is 0 Å². The molecule has 2 atom stereocenters. The lowest BCUT2D eigenvalue weighted by atomic mass is 10.1. The standard InChI is InChI=1S/C16H24N2O.ClH/c1-12-5-7-14(8-6-12)13(2)18-16(19)10-9-15-4-3-11-17-15;/h5-8,13,15,17H,3-4,9-11H2,1-2H3,(H,18,19);1H. The predicted octanol–water partition coefficient (Wildman–Crippen LogP) is 3.13. The van der Waals surface area contributed by atoms with Crippen LogP contribution in [0.15, 0.2) is 24.3 Å². The zero-order valence-electron chi connectivity index (χ0n) is 12.3. The van der Waals surface area contributed by atoms with Crippen molar-refractivity contribution in [1.29, 1.82) is 0 Å². The number of hydrogen-bond donors (Lipinski definition) is 2. The van der Waals surface area contributed by atoms with Crippen molar-refractivity contribution >= 4 is 18.3 Å². The Labute approximate surface area is 127 Å². The molecule has 1 amide bonds. The summed E-state index contributed by atoms with van der Waals surface area (Å²) in [6.07, 6.45) is 4.02. The molecular weight excluding hydrogens is 272 g/mol. The third-order valence-electron chi connectivity index (χ3n) is 3.84. The number of nitrogens with one attached hydrogen (secondary N) is 2. The van der Waals surface area contributed by atoms with E-state index in [2.05, 4.69) is 41.8 Å². The van der Waals surface area contributed by atoms with Crippen molar-refractivity contribution in [2.24, 2.45) is 0 Å². The van der Waals surface area contributed by atoms with E-state index in [1.165, 1.54) is 18.4 Å². The van der Waals surface area contributed by atoms with E-state index in [-0.39, 0.29) is 24.4 Å². The van der Waals surface area contributed by atoms with E-state index >= 15 is 0 Å². The molecule has 0 aliphatic carbocycles. The second kappa shape index (κ2) is 8.28. The summed E-state index contributed by atoms with van der Waals surface area (Å²) in [7, 11) is 0. The number of amides is 1. The monoisotopic (exact) mass is 296 g/mol. The Balaban J connectivity index is 0.00000200. The van der Waals surface area contributed by atoms with Crippen molar-refractivity contribution < 1.29 is 4.79 Å². The van der Waals surface area contributed by atoms with Gasteiger partial charge < -0.3 is 10.6 Å². The summed E-state index contributed by atoms with van der Waals surface area (Å²) in [4.78, 5) is 11.9. The van der Waals surface area contributed by atoms with Crippen molar-refractivity contribution in [3.05, 3.63) is 35.4 Å². The molecule has 1 aromatic carbocycles. The first-order valence-electron chi connectivity index (χ1n) is 7.24. The van der Waals surface area contributed by atoms with Crippen molar-refractivity contribution in [3.63, 3.8) is 0 Å². The molecule has 4 heteroatoms. The SMILES string of the molecule is Cc1ccc(C(C)NC(=O)CCC2CCCN2)cc1.Cl. The van der Waals surface area contributed by atoms with Gasteiger partial charge in [0, 0.05) is 12.5 Å². The van der Waals surface area contributed by atoms with Gasteiger partial charge in [-0.15, -0.1) is 12.4 Å². The fourth-order valence-corrected chi connectivity index (χ4v) is 2.56. The van der Waals surface area contributed by atoms with E-state index in [4.69, 9.17) is 0 Å². The van der Waals surface area contributed by atoms with E-state index in [0.29, 0.717) is 12.5 Å². The summed E-state index contributed by atoms with van der Waals surface area (Å²) < 4.78 is 0. The summed E-state index contributed by atoms with van der Waals surface area (Å²) in [5, 5.41) is 6.50. The van der Waals surface area contributed by atoms with Crippen LogP contribution in [0.4, 0.5) is 0 Å². The zero-order valence-corrected chi connectivity index (χ0v) is 13.1. The summed E-state index contributed by atoms with van der Waals surface area (Å²) in [6.45, 7) is 5.21. The molecule has 112 valence electrons. The van der Waals surface area contributed by atoms with Gasteiger partial charge in [-0.3, -0.25) is 4.79 Å². The van der Waals surface area contributed by atoms with Crippen LogP contribution >= 0.6 is 12.4 Å². The highest BCUT2D eigenvalue weighted by Gasteiger charge is 2.16. The van der Waals surface area contributed by atoms with Crippen LogP contribution in [0.3, 0.4) is 0 Å². The fraction of sp³-hybridized carbons (Fsp3) is 0.562. The van der Waals surface area contributed by atoms with Gasteiger partial charge in [0.15, 0.2) is 0 Å². The van der Waals surface area contributed by atoms with Gasteiger partial charge in [0.1, 0.15) is 0 Å². The number of rotatable bonds is 5. The van der Waals surface area contributed by atoms with E-state index in [1.807, 2.05) is 6.92 Å². The van der Waals surface area contributed by atoms with Gasteiger partial charge in [-0.25, -0.2) is 0 Å². The van der Waals surface area contributed by atoms with Crippen molar-refractivity contribution in [2.45, 2.75) is 51.6 Å². The highest BCUT2D eigenvalue weighted by Crippen LogP contribution is 2.14. The minimum Gasteiger partial charge on any atom is -0.350 e. The third kappa shape index (κ3) is 5.14. The van der Waals surface area contributed by atoms with Crippen LogP contribution in [0.1, 0.15) is 49.8 Å². The number of halogens is 1. The van der Waals surface area contributed by atoms with Gasteiger partial charge in [-0.05, 0) is 45.2 Å². The largest absolute Gasteiger partial charge is 0.350 e. The molecular formula is C16H25ClN2O. The van der Waals surface area contributed by atoms with Crippen LogP contribution in [-0.2, 0) is 4.79 Å². The second-order valence-electron chi connectivity index (χ2n) is 5.53. The second-order valence-corrected chi connectivity index (χ2v) is 5.53. The summed E-state index contributed by atoms with van der Waals surface area (Å²) in [5.41, 5.74) is 2.41. The first-order chi connectivity index (χ1) is 9.15. The van der Waals surface area contributed by atoms with Crippen LogP contribution in [0.2, 0.25) is 0 Å². The Hall–Kier alpha value is -1.06. The smallest absolute Gasteiger partial charge is 0.220 e. The average Bonchev–Trinajstić information content (AvgIpc) is 2.90. The van der Waals surface area contributed by atoms with Crippen LogP contribution in [0.25, 0.3) is 0 Å². The molecule has 0 saturated carbocycles. The van der Waals surface area contributed by atoms with Gasteiger partial charge in [0.05, 0.1) is 6.04 Å². The lowest BCUT2D eigenvalue weighted by molar-refractivity contribution is -0.121.